The fraction of sp³-hybridized carbons (Fsp3) is 0.476. The highest BCUT2D eigenvalue weighted by atomic mass is 32.2. The summed E-state index contributed by atoms with van der Waals surface area (Å²) in [5.41, 5.74) is 1.10. The second kappa shape index (κ2) is 9.56. The highest BCUT2D eigenvalue weighted by molar-refractivity contribution is 7.90. The normalized spacial score (nSPS) is 14.9. The van der Waals surface area contributed by atoms with Gasteiger partial charge in [-0.2, -0.15) is 10.4 Å². The van der Waals surface area contributed by atoms with Crippen LogP contribution in [0.3, 0.4) is 0 Å². The average Bonchev–Trinajstić information content (AvgIpc) is 3.14. The van der Waals surface area contributed by atoms with Crippen LogP contribution in [-0.4, -0.2) is 54.6 Å². The summed E-state index contributed by atoms with van der Waals surface area (Å²) in [5.74, 6) is -0.695. The molecule has 11 heteroatoms. The molecule has 1 saturated heterocycles. The van der Waals surface area contributed by atoms with Crippen molar-refractivity contribution in [3.05, 3.63) is 41.5 Å². The third-order valence-electron chi connectivity index (χ3n) is 5.22. The predicted octanol–water partition coefficient (Wildman–Crippen LogP) is 3.09. The number of nitrogens with zero attached hydrogens (tertiary/aromatic N) is 4. The molecule has 32 heavy (non-hydrogen) atoms. The maximum absolute atomic E-state index is 14.3. The lowest BCUT2D eigenvalue weighted by atomic mass is 10.1. The maximum atomic E-state index is 14.3. The van der Waals surface area contributed by atoms with Crippen molar-refractivity contribution in [2.24, 2.45) is 0 Å². The SMILES string of the molecule is CC(C)OC(=O)N1CCC(n2ncc(CNc3ccc(S(C)(=O)=O)cc3F)c2C#N)CC1. The fourth-order valence-electron chi connectivity index (χ4n) is 3.56. The Morgan fingerprint density at radius 2 is 2.06 bits per heavy atom. The van der Waals surface area contributed by atoms with Crippen molar-refractivity contribution in [1.82, 2.24) is 14.7 Å². The van der Waals surface area contributed by atoms with Crippen LogP contribution in [0.15, 0.2) is 29.3 Å². The number of sulfone groups is 1. The summed E-state index contributed by atoms with van der Waals surface area (Å²) in [6, 6.07) is 5.77. The predicted molar refractivity (Wildman–Crippen MR) is 115 cm³/mol. The van der Waals surface area contributed by atoms with E-state index in [1.54, 1.807) is 29.6 Å². The molecule has 0 radical (unpaired) electrons. The Kier molecular flexibility index (Phi) is 7.03. The second-order valence-corrected chi connectivity index (χ2v) is 10.0. The van der Waals surface area contributed by atoms with E-state index in [4.69, 9.17) is 4.74 Å². The third-order valence-corrected chi connectivity index (χ3v) is 6.33. The second-order valence-electron chi connectivity index (χ2n) is 7.99. The molecule has 1 amide bonds. The number of halogens is 1. The first kappa shape index (κ1) is 23.5. The van der Waals surface area contributed by atoms with Gasteiger partial charge < -0.3 is 15.0 Å². The number of nitriles is 1. The van der Waals surface area contributed by atoms with Crippen LogP contribution >= 0.6 is 0 Å². The van der Waals surface area contributed by atoms with E-state index in [9.17, 15) is 22.9 Å². The molecule has 0 saturated carbocycles. The van der Waals surface area contributed by atoms with Gasteiger partial charge in [-0.25, -0.2) is 17.6 Å². The van der Waals surface area contributed by atoms with Gasteiger partial charge in [0.25, 0.3) is 0 Å². The van der Waals surface area contributed by atoms with Crippen LogP contribution in [0.4, 0.5) is 14.9 Å². The number of likely N-dealkylation sites (tertiary alicyclic amines) is 1. The van der Waals surface area contributed by atoms with Gasteiger partial charge >= 0.3 is 6.09 Å². The van der Waals surface area contributed by atoms with Crippen LogP contribution in [0, 0.1) is 17.1 Å². The van der Waals surface area contributed by atoms with E-state index in [0.717, 1.165) is 12.3 Å². The Balaban J connectivity index is 1.66. The molecule has 1 N–H and O–H groups in total. The van der Waals surface area contributed by atoms with Gasteiger partial charge in [0.15, 0.2) is 9.84 Å². The molecule has 1 aromatic heterocycles. The number of nitrogens with one attached hydrogen (secondary N) is 1. The Hall–Kier alpha value is -3.13. The Bertz CT molecular complexity index is 1130. The molecule has 0 atom stereocenters. The Labute approximate surface area is 186 Å². The van der Waals surface area contributed by atoms with Crippen LogP contribution < -0.4 is 5.32 Å². The summed E-state index contributed by atoms with van der Waals surface area (Å²) in [6.45, 7) is 4.76. The van der Waals surface area contributed by atoms with Crippen LogP contribution in [-0.2, 0) is 21.1 Å². The average molecular weight is 464 g/mol. The number of hydrogen-bond donors (Lipinski definition) is 1. The number of ether oxygens (including phenoxy) is 1. The highest BCUT2D eigenvalue weighted by Gasteiger charge is 2.27. The van der Waals surface area contributed by atoms with E-state index < -0.39 is 15.7 Å². The van der Waals surface area contributed by atoms with E-state index in [0.29, 0.717) is 37.2 Å². The van der Waals surface area contributed by atoms with Gasteiger partial charge in [0.2, 0.25) is 0 Å². The number of piperidine rings is 1. The van der Waals surface area contributed by atoms with E-state index >= 15 is 0 Å². The molecule has 0 unspecified atom stereocenters. The molecule has 2 heterocycles. The van der Waals surface area contributed by atoms with Gasteiger partial charge in [0.1, 0.15) is 17.6 Å². The molecule has 2 aromatic rings. The van der Waals surface area contributed by atoms with Crippen molar-refractivity contribution < 1.29 is 22.3 Å². The van der Waals surface area contributed by atoms with Gasteiger partial charge in [-0.1, -0.05) is 0 Å². The number of anilines is 1. The Morgan fingerprint density at radius 1 is 1.38 bits per heavy atom. The summed E-state index contributed by atoms with van der Waals surface area (Å²) >= 11 is 0. The first-order valence-electron chi connectivity index (χ1n) is 10.3. The molecule has 0 spiro atoms. The van der Waals surface area contributed by atoms with Crippen LogP contribution in [0.2, 0.25) is 0 Å². The van der Waals surface area contributed by atoms with E-state index in [1.165, 1.54) is 12.1 Å². The molecule has 0 bridgehead atoms. The molecule has 0 aliphatic carbocycles. The minimum Gasteiger partial charge on any atom is -0.447 e. The first-order chi connectivity index (χ1) is 15.1. The van der Waals surface area contributed by atoms with Gasteiger partial charge in [0, 0.05) is 31.5 Å². The maximum Gasteiger partial charge on any atom is 0.410 e. The lowest BCUT2D eigenvalue weighted by Crippen LogP contribution is -2.40. The molecular formula is C21H26FN5O4S. The molecular weight excluding hydrogens is 437 g/mol. The van der Waals surface area contributed by atoms with Crippen molar-refractivity contribution in [3.63, 3.8) is 0 Å². The molecule has 1 fully saturated rings. The summed E-state index contributed by atoms with van der Waals surface area (Å²) in [5, 5.41) is 16.9. The first-order valence-corrected chi connectivity index (χ1v) is 12.1. The number of amides is 1. The summed E-state index contributed by atoms with van der Waals surface area (Å²) in [6.07, 6.45) is 3.33. The largest absolute Gasteiger partial charge is 0.447 e. The summed E-state index contributed by atoms with van der Waals surface area (Å²) in [7, 11) is -3.50. The number of aromatic nitrogens is 2. The smallest absolute Gasteiger partial charge is 0.410 e. The van der Waals surface area contributed by atoms with Gasteiger partial charge in [0.05, 0.1) is 28.9 Å². The van der Waals surface area contributed by atoms with E-state index in [-0.39, 0.29) is 35.4 Å². The zero-order valence-electron chi connectivity index (χ0n) is 18.2. The zero-order valence-corrected chi connectivity index (χ0v) is 19.0. The van der Waals surface area contributed by atoms with Crippen molar-refractivity contribution in [2.45, 2.75) is 50.3 Å². The topological polar surface area (TPSA) is 117 Å². The van der Waals surface area contributed by atoms with Crippen molar-refractivity contribution >= 4 is 21.6 Å². The molecule has 172 valence electrons. The standard InChI is InChI=1S/C21H26FN5O4S/c1-14(2)31-21(28)26-8-6-16(7-9-26)27-20(11-23)15(13-25-27)12-24-19-5-4-17(10-18(19)22)32(3,29)30/h4-5,10,13-14,16,24H,6-9,12H2,1-3H3. The zero-order chi connectivity index (χ0) is 23.5. The summed E-state index contributed by atoms with van der Waals surface area (Å²) in [4.78, 5) is 13.6. The van der Waals surface area contributed by atoms with Crippen molar-refractivity contribution in [2.75, 3.05) is 24.7 Å². The van der Waals surface area contributed by atoms with Crippen LogP contribution in [0.25, 0.3) is 0 Å². The number of carbonyl (C=O) groups is 1. The third kappa shape index (κ3) is 5.37. The fourth-order valence-corrected chi connectivity index (χ4v) is 4.19. The van der Waals surface area contributed by atoms with Gasteiger partial charge in [-0.05, 0) is 44.9 Å². The quantitative estimate of drug-likeness (QED) is 0.699. The van der Waals surface area contributed by atoms with Crippen molar-refractivity contribution in [3.8, 4) is 6.07 Å². The molecule has 9 nitrogen and oxygen atoms in total. The van der Waals surface area contributed by atoms with Gasteiger partial charge in [-0.3, -0.25) is 4.68 Å². The lowest BCUT2D eigenvalue weighted by Gasteiger charge is -2.32. The minimum atomic E-state index is -3.50. The minimum absolute atomic E-state index is 0.0349. The number of carbonyl (C=O) groups excluding carboxylic acids is 1. The molecule has 1 aliphatic heterocycles. The van der Waals surface area contributed by atoms with Crippen LogP contribution in [0.5, 0.6) is 0 Å². The summed E-state index contributed by atoms with van der Waals surface area (Å²) < 4.78 is 44.3. The number of hydrogen-bond acceptors (Lipinski definition) is 7. The number of benzene rings is 1. The molecule has 1 aromatic carbocycles. The highest BCUT2D eigenvalue weighted by Crippen LogP contribution is 2.26. The van der Waals surface area contributed by atoms with E-state index in [2.05, 4.69) is 16.5 Å². The Morgan fingerprint density at radius 3 is 2.62 bits per heavy atom. The van der Waals surface area contributed by atoms with Crippen molar-refractivity contribution in [1.29, 1.82) is 5.26 Å². The van der Waals surface area contributed by atoms with Gasteiger partial charge in [-0.15, -0.1) is 0 Å². The lowest BCUT2D eigenvalue weighted by molar-refractivity contribution is 0.0652. The molecule has 3 rings (SSSR count). The number of rotatable bonds is 6. The van der Waals surface area contributed by atoms with E-state index in [1.807, 2.05) is 0 Å². The monoisotopic (exact) mass is 463 g/mol. The van der Waals surface area contributed by atoms with Crippen LogP contribution in [0.1, 0.15) is 44.0 Å². The molecule has 1 aliphatic rings.